The number of hydrogen-bond acceptors (Lipinski definition) is 3. The SMILES string of the molecule is C=CCOc1cccc(/C=C/[C@]23NC(=O)CN2c2ccccc2C3(C)C)c1. The molecule has 2 aromatic carbocycles. The average molecular weight is 360 g/mol. The minimum Gasteiger partial charge on any atom is -0.490 e. The number of ether oxygens (including phenoxy) is 1. The van der Waals surface area contributed by atoms with Crippen LogP contribution in [0.25, 0.3) is 6.08 Å². The summed E-state index contributed by atoms with van der Waals surface area (Å²) >= 11 is 0. The summed E-state index contributed by atoms with van der Waals surface area (Å²) in [5, 5.41) is 3.24. The lowest BCUT2D eigenvalue weighted by molar-refractivity contribution is -0.118. The summed E-state index contributed by atoms with van der Waals surface area (Å²) in [5.74, 6) is 0.848. The van der Waals surface area contributed by atoms with Crippen LogP contribution in [0.1, 0.15) is 25.0 Å². The number of carbonyl (C=O) groups is 1. The summed E-state index contributed by atoms with van der Waals surface area (Å²) in [4.78, 5) is 14.5. The van der Waals surface area contributed by atoms with Crippen LogP contribution in [0.3, 0.4) is 0 Å². The van der Waals surface area contributed by atoms with Crippen molar-refractivity contribution >= 4 is 17.7 Å². The van der Waals surface area contributed by atoms with E-state index in [0.717, 1.165) is 17.0 Å². The second-order valence-electron chi connectivity index (χ2n) is 7.55. The Morgan fingerprint density at radius 3 is 2.85 bits per heavy atom. The van der Waals surface area contributed by atoms with Gasteiger partial charge in [-0.3, -0.25) is 4.79 Å². The number of amides is 1. The molecule has 0 saturated carbocycles. The van der Waals surface area contributed by atoms with Gasteiger partial charge in [0.15, 0.2) is 0 Å². The molecule has 4 rings (SSSR count). The fraction of sp³-hybridized carbons (Fsp3) is 0.261. The molecule has 0 aromatic heterocycles. The van der Waals surface area contributed by atoms with E-state index in [1.165, 1.54) is 5.56 Å². The molecule has 1 amide bonds. The van der Waals surface area contributed by atoms with E-state index in [1.54, 1.807) is 6.08 Å². The van der Waals surface area contributed by atoms with Crippen LogP contribution in [0.4, 0.5) is 5.69 Å². The third-order valence-corrected chi connectivity index (χ3v) is 5.62. The molecule has 138 valence electrons. The van der Waals surface area contributed by atoms with Crippen LogP contribution in [0.2, 0.25) is 0 Å². The Balaban J connectivity index is 1.73. The fourth-order valence-corrected chi connectivity index (χ4v) is 4.22. The molecule has 1 atom stereocenters. The van der Waals surface area contributed by atoms with Crippen LogP contribution in [-0.2, 0) is 10.2 Å². The van der Waals surface area contributed by atoms with E-state index in [-0.39, 0.29) is 11.3 Å². The Morgan fingerprint density at radius 2 is 2.04 bits per heavy atom. The second kappa shape index (κ2) is 6.31. The van der Waals surface area contributed by atoms with Gasteiger partial charge in [-0.1, -0.05) is 62.9 Å². The van der Waals surface area contributed by atoms with Gasteiger partial charge in [0.2, 0.25) is 5.91 Å². The van der Waals surface area contributed by atoms with E-state index in [4.69, 9.17) is 4.74 Å². The summed E-state index contributed by atoms with van der Waals surface area (Å²) < 4.78 is 5.63. The van der Waals surface area contributed by atoms with Gasteiger partial charge in [-0.25, -0.2) is 0 Å². The van der Waals surface area contributed by atoms with Crippen molar-refractivity contribution in [3.63, 3.8) is 0 Å². The number of rotatable bonds is 5. The first-order valence-corrected chi connectivity index (χ1v) is 9.19. The molecule has 1 N–H and O–H groups in total. The number of para-hydroxylation sites is 1. The van der Waals surface area contributed by atoms with E-state index in [1.807, 2.05) is 30.3 Å². The fourth-order valence-electron chi connectivity index (χ4n) is 4.22. The zero-order valence-corrected chi connectivity index (χ0v) is 15.7. The van der Waals surface area contributed by atoms with Gasteiger partial charge in [0.05, 0.1) is 6.54 Å². The zero-order valence-electron chi connectivity index (χ0n) is 15.7. The van der Waals surface area contributed by atoms with Crippen molar-refractivity contribution in [1.29, 1.82) is 0 Å². The lowest BCUT2D eigenvalue weighted by Gasteiger charge is -2.40. The maximum absolute atomic E-state index is 12.3. The van der Waals surface area contributed by atoms with Crippen LogP contribution < -0.4 is 15.0 Å². The van der Waals surface area contributed by atoms with E-state index >= 15 is 0 Å². The average Bonchev–Trinajstić information content (AvgIpc) is 3.10. The smallest absolute Gasteiger partial charge is 0.241 e. The number of nitrogens with zero attached hydrogens (tertiary/aromatic N) is 1. The Kier molecular flexibility index (Phi) is 4.06. The number of hydrogen-bond donors (Lipinski definition) is 1. The van der Waals surface area contributed by atoms with Crippen molar-refractivity contribution < 1.29 is 9.53 Å². The minimum atomic E-state index is -0.578. The molecule has 0 bridgehead atoms. The van der Waals surface area contributed by atoms with E-state index in [9.17, 15) is 4.79 Å². The normalized spacial score (nSPS) is 22.4. The van der Waals surface area contributed by atoms with Gasteiger partial charge in [0, 0.05) is 11.1 Å². The first-order valence-electron chi connectivity index (χ1n) is 9.19. The van der Waals surface area contributed by atoms with Crippen LogP contribution >= 0.6 is 0 Å². The van der Waals surface area contributed by atoms with Gasteiger partial charge in [0.1, 0.15) is 18.0 Å². The molecule has 0 aliphatic carbocycles. The molecule has 27 heavy (non-hydrogen) atoms. The third-order valence-electron chi connectivity index (χ3n) is 5.62. The highest BCUT2D eigenvalue weighted by Gasteiger charge is 2.59. The summed E-state index contributed by atoms with van der Waals surface area (Å²) in [6.45, 7) is 8.90. The molecule has 4 nitrogen and oxygen atoms in total. The predicted octanol–water partition coefficient (Wildman–Crippen LogP) is 3.89. The second-order valence-corrected chi connectivity index (χ2v) is 7.55. The predicted molar refractivity (Wildman–Crippen MR) is 109 cm³/mol. The van der Waals surface area contributed by atoms with Gasteiger partial charge < -0.3 is 15.0 Å². The molecular formula is C23H24N2O2. The molecule has 2 heterocycles. The Labute approximate surface area is 160 Å². The molecule has 4 heteroatoms. The topological polar surface area (TPSA) is 41.6 Å². The zero-order chi connectivity index (χ0) is 19.1. The van der Waals surface area contributed by atoms with Crippen LogP contribution in [0, 0.1) is 0 Å². The maximum atomic E-state index is 12.3. The van der Waals surface area contributed by atoms with Crippen molar-refractivity contribution in [2.45, 2.75) is 24.9 Å². The highest BCUT2D eigenvalue weighted by molar-refractivity contribution is 5.91. The van der Waals surface area contributed by atoms with Gasteiger partial charge in [-0.2, -0.15) is 0 Å². The Morgan fingerprint density at radius 1 is 1.22 bits per heavy atom. The molecule has 1 fully saturated rings. The van der Waals surface area contributed by atoms with E-state index in [2.05, 4.69) is 61.0 Å². The van der Waals surface area contributed by atoms with Crippen LogP contribution in [0.15, 0.2) is 67.3 Å². The van der Waals surface area contributed by atoms with Gasteiger partial charge in [-0.05, 0) is 35.4 Å². The minimum absolute atomic E-state index is 0.0466. The molecule has 0 radical (unpaired) electrons. The monoisotopic (exact) mass is 360 g/mol. The Bertz CT molecular complexity index is 931. The molecule has 2 aliphatic heterocycles. The standard InChI is InChI=1S/C23H24N2O2/c1-4-14-27-18-9-7-8-17(15-18)12-13-23-22(2,3)19-10-5-6-11-20(19)25(23)16-21(26)24-23/h4-13,15H,1,14,16H2,2-3H3,(H,24,26)/b13-12+/t23-/m0/s1. The van der Waals surface area contributed by atoms with Crippen LogP contribution in [0.5, 0.6) is 5.75 Å². The Hall–Kier alpha value is -3.01. The highest BCUT2D eigenvalue weighted by atomic mass is 16.5. The first-order chi connectivity index (χ1) is 13.0. The van der Waals surface area contributed by atoms with E-state index < -0.39 is 5.66 Å². The lowest BCUT2D eigenvalue weighted by Crippen LogP contribution is -2.58. The number of fused-ring (bicyclic) bond motifs is 3. The summed E-state index contributed by atoms with van der Waals surface area (Å²) in [5.41, 5.74) is 2.56. The summed E-state index contributed by atoms with van der Waals surface area (Å²) in [7, 11) is 0. The third kappa shape index (κ3) is 2.64. The van der Waals surface area contributed by atoms with Crippen molar-refractivity contribution in [1.82, 2.24) is 5.32 Å². The molecule has 2 aromatic rings. The van der Waals surface area contributed by atoms with Crippen molar-refractivity contribution in [3.8, 4) is 5.75 Å². The lowest BCUT2D eigenvalue weighted by atomic mass is 9.75. The number of anilines is 1. The summed E-state index contributed by atoms with van der Waals surface area (Å²) in [6.07, 6.45) is 5.91. The maximum Gasteiger partial charge on any atom is 0.241 e. The van der Waals surface area contributed by atoms with Gasteiger partial charge in [-0.15, -0.1) is 0 Å². The summed E-state index contributed by atoms with van der Waals surface area (Å²) in [6, 6.07) is 16.3. The quantitative estimate of drug-likeness (QED) is 0.823. The first kappa shape index (κ1) is 17.4. The van der Waals surface area contributed by atoms with E-state index in [0.29, 0.717) is 13.2 Å². The molecule has 0 unspecified atom stereocenters. The largest absolute Gasteiger partial charge is 0.490 e. The van der Waals surface area contributed by atoms with Gasteiger partial charge >= 0.3 is 0 Å². The van der Waals surface area contributed by atoms with Crippen molar-refractivity contribution in [3.05, 3.63) is 78.4 Å². The van der Waals surface area contributed by atoms with Gasteiger partial charge in [0.25, 0.3) is 0 Å². The molecule has 1 saturated heterocycles. The molecule has 0 spiro atoms. The van der Waals surface area contributed by atoms with Crippen molar-refractivity contribution in [2.75, 3.05) is 18.1 Å². The molecule has 2 aliphatic rings. The molecular weight excluding hydrogens is 336 g/mol. The van der Waals surface area contributed by atoms with Crippen LogP contribution in [-0.4, -0.2) is 24.7 Å². The van der Waals surface area contributed by atoms with Crippen molar-refractivity contribution in [2.24, 2.45) is 0 Å². The number of nitrogens with one attached hydrogen (secondary N) is 1. The number of benzene rings is 2. The number of carbonyl (C=O) groups excluding carboxylic acids is 1. The highest BCUT2D eigenvalue weighted by Crippen LogP contribution is 2.52.